The first-order valence-electron chi connectivity index (χ1n) is 12.1. The molecule has 0 aliphatic rings. The van der Waals surface area contributed by atoms with Crippen LogP contribution in [0.3, 0.4) is 0 Å². The Morgan fingerprint density at radius 1 is 0.971 bits per heavy atom. The van der Waals surface area contributed by atoms with E-state index in [0.29, 0.717) is 12.1 Å². The lowest BCUT2D eigenvalue weighted by molar-refractivity contribution is -0.140. The minimum absolute atomic E-state index is 0.0327. The summed E-state index contributed by atoms with van der Waals surface area (Å²) in [6.07, 6.45) is 2.27. The van der Waals surface area contributed by atoms with Crippen molar-refractivity contribution in [3.05, 3.63) is 64.7 Å². The van der Waals surface area contributed by atoms with E-state index < -0.39 is 22.0 Å². The van der Waals surface area contributed by atoms with Gasteiger partial charge in [-0.05, 0) is 63.3 Å². The van der Waals surface area contributed by atoms with E-state index in [0.717, 1.165) is 39.2 Å². The largest absolute Gasteiger partial charge is 0.352 e. The Kier molecular flexibility index (Phi) is 9.89. The molecule has 0 unspecified atom stereocenters. The van der Waals surface area contributed by atoms with Crippen molar-refractivity contribution in [3.63, 3.8) is 0 Å². The molecule has 0 radical (unpaired) electrons. The zero-order valence-corrected chi connectivity index (χ0v) is 22.8. The van der Waals surface area contributed by atoms with Gasteiger partial charge in [0.1, 0.15) is 12.6 Å². The van der Waals surface area contributed by atoms with E-state index in [9.17, 15) is 18.0 Å². The van der Waals surface area contributed by atoms with E-state index in [1.807, 2.05) is 77.9 Å². The van der Waals surface area contributed by atoms with E-state index in [-0.39, 0.29) is 25.0 Å². The van der Waals surface area contributed by atoms with Crippen LogP contribution in [0.15, 0.2) is 42.5 Å². The molecule has 2 aromatic rings. The molecule has 2 rings (SSSR count). The lowest BCUT2D eigenvalue weighted by Gasteiger charge is -2.34. The summed E-state index contributed by atoms with van der Waals surface area (Å²) in [5.41, 5.74) is 4.12. The zero-order chi connectivity index (χ0) is 26.3. The quantitative estimate of drug-likeness (QED) is 0.502. The average molecular weight is 502 g/mol. The van der Waals surface area contributed by atoms with Crippen LogP contribution in [-0.2, 0) is 26.2 Å². The second-order valence-electron chi connectivity index (χ2n) is 9.25. The van der Waals surface area contributed by atoms with Crippen LogP contribution in [0.25, 0.3) is 0 Å². The number of amides is 2. The van der Waals surface area contributed by atoms with Crippen LogP contribution in [0, 0.1) is 20.8 Å². The molecule has 2 aromatic carbocycles. The molecule has 0 aliphatic heterocycles. The normalized spacial score (nSPS) is 13.1. The monoisotopic (exact) mass is 501 g/mol. The third-order valence-electron chi connectivity index (χ3n) is 6.29. The minimum Gasteiger partial charge on any atom is -0.352 e. The van der Waals surface area contributed by atoms with Crippen LogP contribution in [0.2, 0.25) is 0 Å². The second kappa shape index (κ2) is 12.2. The number of hydrogen-bond donors (Lipinski definition) is 1. The van der Waals surface area contributed by atoms with Crippen LogP contribution in [0.4, 0.5) is 5.69 Å². The van der Waals surface area contributed by atoms with Crippen molar-refractivity contribution in [2.75, 3.05) is 17.1 Å². The lowest BCUT2D eigenvalue weighted by atomic mass is 10.1. The Morgan fingerprint density at radius 2 is 1.63 bits per heavy atom. The first-order chi connectivity index (χ1) is 16.4. The standard InChI is InChI=1S/C27H39N3O4S/c1-8-22(6)28-27(32)24(9-2)29(17-23-13-11-10-12-20(23)4)26(31)18-30(35(7,33)34)25-15-14-19(3)16-21(25)5/h10-16,22,24H,8-9,17-18H2,1-7H3,(H,28,32)/t22-,24+/m1/s1. The number of nitrogens with one attached hydrogen (secondary N) is 1. The van der Waals surface area contributed by atoms with Crippen molar-refractivity contribution < 1.29 is 18.0 Å². The Hall–Kier alpha value is -2.87. The van der Waals surface area contributed by atoms with E-state index in [2.05, 4.69) is 5.32 Å². The van der Waals surface area contributed by atoms with Crippen molar-refractivity contribution in [1.82, 2.24) is 10.2 Å². The van der Waals surface area contributed by atoms with Gasteiger partial charge in [-0.15, -0.1) is 0 Å². The highest BCUT2D eigenvalue weighted by Crippen LogP contribution is 2.24. The molecular weight excluding hydrogens is 462 g/mol. The van der Waals surface area contributed by atoms with E-state index in [4.69, 9.17) is 0 Å². The van der Waals surface area contributed by atoms with E-state index in [1.54, 1.807) is 6.07 Å². The summed E-state index contributed by atoms with van der Waals surface area (Å²) in [5.74, 6) is -0.661. The molecule has 0 aliphatic carbocycles. The van der Waals surface area contributed by atoms with Crippen LogP contribution in [-0.4, -0.2) is 50.0 Å². The summed E-state index contributed by atoms with van der Waals surface area (Å²) in [6, 6.07) is 12.4. The fraction of sp³-hybridized carbons (Fsp3) is 0.481. The molecule has 0 saturated carbocycles. The number of benzene rings is 2. The maximum absolute atomic E-state index is 13.8. The van der Waals surface area contributed by atoms with Gasteiger partial charge in [-0.25, -0.2) is 8.42 Å². The minimum atomic E-state index is -3.75. The summed E-state index contributed by atoms with van der Waals surface area (Å²) in [4.78, 5) is 28.5. The Balaban J connectivity index is 2.49. The number of aryl methyl sites for hydroxylation is 3. The van der Waals surface area contributed by atoms with Crippen LogP contribution in [0.1, 0.15) is 55.9 Å². The van der Waals surface area contributed by atoms with Crippen molar-refractivity contribution in [2.45, 2.75) is 73.0 Å². The smallest absolute Gasteiger partial charge is 0.244 e. The second-order valence-corrected chi connectivity index (χ2v) is 11.2. The molecule has 0 heterocycles. The summed E-state index contributed by atoms with van der Waals surface area (Å²) in [6.45, 7) is 11.3. The molecule has 0 fully saturated rings. The molecule has 2 amide bonds. The maximum Gasteiger partial charge on any atom is 0.244 e. The number of nitrogens with zero attached hydrogens (tertiary/aromatic N) is 2. The van der Waals surface area contributed by atoms with Crippen molar-refractivity contribution in [1.29, 1.82) is 0 Å². The molecular formula is C27H39N3O4S. The molecule has 35 heavy (non-hydrogen) atoms. The fourth-order valence-electron chi connectivity index (χ4n) is 4.01. The topological polar surface area (TPSA) is 86.8 Å². The summed E-state index contributed by atoms with van der Waals surface area (Å²) in [7, 11) is -3.75. The van der Waals surface area contributed by atoms with Crippen molar-refractivity contribution in [2.24, 2.45) is 0 Å². The van der Waals surface area contributed by atoms with Gasteiger partial charge in [0.25, 0.3) is 0 Å². The zero-order valence-electron chi connectivity index (χ0n) is 22.0. The third kappa shape index (κ3) is 7.56. The molecule has 0 spiro atoms. The van der Waals surface area contributed by atoms with Crippen LogP contribution >= 0.6 is 0 Å². The van der Waals surface area contributed by atoms with Crippen molar-refractivity contribution >= 4 is 27.5 Å². The fourth-order valence-corrected chi connectivity index (χ4v) is 4.92. The number of carbonyl (C=O) groups excluding carboxylic acids is 2. The molecule has 0 aromatic heterocycles. The Bertz CT molecular complexity index is 1150. The highest BCUT2D eigenvalue weighted by Gasteiger charge is 2.32. The number of hydrogen-bond acceptors (Lipinski definition) is 4. The number of sulfonamides is 1. The highest BCUT2D eigenvalue weighted by atomic mass is 32.2. The first-order valence-corrected chi connectivity index (χ1v) is 13.9. The number of anilines is 1. The van der Waals surface area contributed by atoms with E-state index in [1.165, 1.54) is 4.90 Å². The van der Waals surface area contributed by atoms with Gasteiger partial charge < -0.3 is 10.2 Å². The summed E-state index contributed by atoms with van der Waals surface area (Å²) >= 11 is 0. The Labute approximate surface area is 210 Å². The van der Waals surface area contributed by atoms with Crippen LogP contribution in [0.5, 0.6) is 0 Å². The van der Waals surface area contributed by atoms with Gasteiger partial charge >= 0.3 is 0 Å². The number of carbonyl (C=O) groups is 2. The first kappa shape index (κ1) is 28.4. The Morgan fingerprint density at radius 3 is 2.17 bits per heavy atom. The summed E-state index contributed by atoms with van der Waals surface area (Å²) < 4.78 is 26.7. The van der Waals surface area contributed by atoms with E-state index >= 15 is 0 Å². The average Bonchev–Trinajstić information content (AvgIpc) is 2.78. The van der Waals surface area contributed by atoms with Gasteiger partial charge in [-0.1, -0.05) is 55.8 Å². The molecule has 7 nitrogen and oxygen atoms in total. The molecule has 0 bridgehead atoms. The van der Waals surface area contributed by atoms with Gasteiger partial charge in [0.15, 0.2) is 0 Å². The van der Waals surface area contributed by atoms with Gasteiger partial charge in [0, 0.05) is 12.6 Å². The molecule has 0 saturated heterocycles. The maximum atomic E-state index is 13.8. The predicted octanol–water partition coefficient (Wildman–Crippen LogP) is 4.10. The molecule has 8 heteroatoms. The molecule has 2 atom stereocenters. The highest BCUT2D eigenvalue weighted by molar-refractivity contribution is 7.92. The van der Waals surface area contributed by atoms with Crippen LogP contribution < -0.4 is 9.62 Å². The molecule has 1 N–H and O–H groups in total. The van der Waals surface area contributed by atoms with Gasteiger partial charge in [0.05, 0.1) is 11.9 Å². The van der Waals surface area contributed by atoms with Gasteiger partial charge in [0.2, 0.25) is 21.8 Å². The lowest BCUT2D eigenvalue weighted by Crippen LogP contribution is -2.53. The van der Waals surface area contributed by atoms with Gasteiger partial charge in [-0.2, -0.15) is 0 Å². The SMILES string of the molecule is CC[C@@H](C)NC(=O)[C@H](CC)N(Cc1ccccc1C)C(=O)CN(c1ccc(C)cc1C)S(C)(=O)=O. The third-order valence-corrected chi connectivity index (χ3v) is 7.42. The van der Waals surface area contributed by atoms with Gasteiger partial charge in [-0.3, -0.25) is 13.9 Å². The van der Waals surface area contributed by atoms with Crippen molar-refractivity contribution in [3.8, 4) is 0 Å². The summed E-state index contributed by atoms with van der Waals surface area (Å²) in [5, 5.41) is 2.98. The molecule has 192 valence electrons. The number of rotatable bonds is 11. The predicted molar refractivity (Wildman–Crippen MR) is 142 cm³/mol.